The zero-order chi connectivity index (χ0) is 12.7. The zero-order valence-corrected chi connectivity index (χ0v) is 12.0. The Hall–Kier alpha value is -0.840. The number of rotatable bonds is 7. The molecule has 0 aliphatic rings. The van der Waals surface area contributed by atoms with E-state index in [0.29, 0.717) is 12.4 Å². The average Bonchev–Trinajstić information content (AvgIpc) is 2.30. The van der Waals surface area contributed by atoms with Gasteiger partial charge >= 0.3 is 0 Å². The third kappa shape index (κ3) is 5.67. The standard InChI is InChI=1S/C13H21FN2O.ClH/c1-4-17-13-6-5-11(9-12(13)14)10-16(3)8-7-15-2;/h5-6,9,15H,4,7-8,10H2,1-3H3;1H. The smallest absolute Gasteiger partial charge is 0.165 e. The minimum atomic E-state index is -0.286. The van der Waals surface area contributed by atoms with Crippen molar-refractivity contribution in [2.75, 3.05) is 33.8 Å². The molecule has 0 spiro atoms. The summed E-state index contributed by atoms with van der Waals surface area (Å²) in [6, 6.07) is 5.14. The number of benzene rings is 1. The number of likely N-dealkylation sites (N-methyl/N-ethyl adjacent to an activating group) is 2. The molecule has 0 saturated heterocycles. The fourth-order valence-electron chi connectivity index (χ4n) is 1.61. The van der Waals surface area contributed by atoms with Gasteiger partial charge < -0.3 is 15.0 Å². The molecule has 1 N–H and O–H groups in total. The molecule has 1 aromatic rings. The molecule has 0 aliphatic heterocycles. The van der Waals surface area contributed by atoms with Gasteiger partial charge in [-0.25, -0.2) is 4.39 Å². The summed E-state index contributed by atoms with van der Waals surface area (Å²) >= 11 is 0. The number of hydrogen-bond donors (Lipinski definition) is 1. The van der Waals surface area contributed by atoms with E-state index in [4.69, 9.17) is 4.74 Å². The van der Waals surface area contributed by atoms with Crippen LogP contribution in [0.1, 0.15) is 12.5 Å². The van der Waals surface area contributed by atoms with Crippen molar-refractivity contribution in [1.82, 2.24) is 10.2 Å². The molecule has 0 unspecified atom stereocenters. The van der Waals surface area contributed by atoms with E-state index in [0.717, 1.165) is 25.2 Å². The van der Waals surface area contributed by atoms with E-state index >= 15 is 0 Å². The molecule has 5 heteroatoms. The van der Waals surface area contributed by atoms with Crippen molar-refractivity contribution in [3.05, 3.63) is 29.6 Å². The highest BCUT2D eigenvalue weighted by Gasteiger charge is 2.06. The van der Waals surface area contributed by atoms with Gasteiger partial charge in [0, 0.05) is 19.6 Å². The molecular formula is C13H22ClFN2O. The first-order valence-corrected chi connectivity index (χ1v) is 5.91. The summed E-state index contributed by atoms with van der Waals surface area (Å²) in [5, 5.41) is 3.09. The molecule has 0 aromatic heterocycles. The summed E-state index contributed by atoms with van der Waals surface area (Å²) in [4.78, 5) is 2.14. The largest absolute Gasteiger partial charge is 0.491 e. The normalized spacial score (nSPS) is 10.3. The fourth-order valence-corrected chi connectivity index (χ4v) is 1.61. The lowest BCUT2D eigenvalue weighted by Crippen LogP contribution is -2.26. The van der Waals surface area contributed by atoms with Gasteiger partial charge in [0.25, 0.3) is 0 Å². The lowest BCUT2D eigenvalue weighted by Gasteiger charge is -2.16. The fraction of sp³-hybridized carbons (Fsp3) is 0.538. The summed E-state index contributed by atoms with van der Waals surface area (Å²) in [5.41, 5.74) is 0.963. The van der Waals surface area contributed by atoms with Crippen molar-refractivity contribution in [1.29, 1.82) is 0 Å². The maximum Gasteiger partial charge on any atom is 0.165 e. The van der Waals surface area contributed by atoms with Gasteiger partial charge in [-0.1, -0.05) is 6.07 Å². The van der Waals surface area contributed by atoms with Crippen LogP contribution in [-0.2, 0) is 6.54 Å². The van der Waals surface area contributed by atoms with Gasteiger partial charge in [0.15, 0.2) is 11.6 Å². The Labute approximate surface area is 115 Å². The molecule has 0 amide bonds. The molecule has 18 heavy (non-hydrogen) atoms. The highest BCUT2D eigenvalue weighted by Crippen LogP contribution is 2.18. The average molecular weight is 277 g/mol. The second-order valence-electron chi connectivity index (χ2n) is 4.04. The van der Waals surface area contributed by atoms with Gasteiger partial charge in [-0.05, 0) is 38.7 Å². The van der Waals surface area contributed by atoms with Crippen LogP contribution in [0.4, 0.5) is 4.39 Å². The van der Waals surface area contributed by atoms with Gasteiger partial charge in [-0.3, -0.25) is 0 Å². The number of ether oxygens (including phenoxy) is 1. The van der Waals surface area contributed by atoms with E-state index in [-0.39, 0.29) is 18.2 Å². The minimum Gasteiger partial charge on any atom is -0.491 e. The van der Waals surface area contributed by atoms with Crippen molar-refractivity contribution in [3.8, 4) is 5.75 Å². The van der Waals surface area contributed by atoms with Crippen LogP contribution in [-0.4, -0.2) is 38.7 Å². The Kier molecular flexibility index (Phi) is 8.71. The van der Waals surface area contributed by atoms with Gasteiger partial charge in [0.1, 0.15) is 0 Å². The van der Waals surface area contributed by atoms with Crippen LogP contribution in [0.25, 0.3) is 0 Å². The maximum absolute atomic E-state index is 13.6. The van der Waals surface area contributed by atoms with E-state index in [1.807, 2.05) is 27.1 Å². The van der Waals surface area contributed by atoms with Gasteiger partial charge in [-0.2, -0.15) is 0 Å². The molecule has 104 valence electrons. The van der Waals surface area contributed by atoms with Crippen LogP contribution in [0.5, 0.6) is 5.75 Å². The second kappa shape index (κ2) is 9.14. The first-order valence-electron chi connectivity index (χ1n) is 5.91. The lowest BCUT2D eigenvalue weighted by atomic mass is 10.2. The maximum atomic E-state index is 13.6. The summed E-state index contributed by atoms with van der Waals surface area (Å²) in [5.74, 6) is 0.0421. The molecule has 0 fully saturated rings. The van der Waals surface area contributed by atoms with Crippen molar-refractivity contribution in [3.63, 3.8) is 0 Å². The van der Waals surface area contributed by atoms with Crippen molar-refractivity contribution in [2.24, 2.45) is 0 Å². The predicted octanol–water partition coefficient (Wildman–Crippen LogP) is 2.30. The van der Waals surface area contributed by atoms with Crippen LogP contribution in [0.2, 0.25) is 0 Å². The zero-order valence-electron chi connectivity index (χ0n) is 11.2. The molecule has 0 radical (unpaired) electrons. The first kappa shape index (κ1) is 17.2. The molecule has 1 rings (SSSR count). The Morgan fingerprint density at radius 1 is 1.39 bits per heavy atom. The molecule has 0 atom stereocenters. The SMILES string of the molecule is CCOc1ccc(CN(C)CCNC)cc1F.Cl. The number of nitrogens with one attached hydrogen (secondary N) is 1. The molecule has 3 nitrogen and oxygen atoms in total. The Morgan fingerprint density at radius 2 is 2.11 bits per heavy atom. The van der Waals surface area contributed by atoms with Crippen LogP contribution in [0.15, 0.2) is 18.2 Å². The quantitative estimate of drug-likeness (QED) is 0.827. The lowest BCUT2D eigenvalue weighted by molar-refractivity contribution is 0.316. The van der Waals surface area contributed by atoms with Gasteiger partial charge in [0.2, 0.25) is 0 Å². The van der Waals surface area contributed by atoms with E-state index in [2.05, 4.69) is 10.2 Å². The summed E-state index contributed by atoms with van der Waals surface area (Å²) < 4.78 is 18.7. The Balaban J connectivity index is 0.00000289. The van der Waals surface area contributed by atoms with Crippen molar-refractivity contribution < 1.29 is 9.13 Å². The van der Waals surface area contributed by atoms with E-state index in [1.54, 1.807) is 12.1 Å². The number of hydrogen-bond acceptors (Lipinski definition) is 3. The third-order valence-corrected chi connectivity index (χ3v) is 2.49. The molecule has 0 bridgehead atoms. The second-order valence-corrected chi connectivity index (χ2v) is 4.04. The topological polar surface area (TPSA) is 24.5 Å². The number of halogens is 2. The molecule has 1 aromatic carbocycles. The van der Waals surface area contributed by atoms with Crippen molar-refractivity contribution >= 4 is 12.4 Å². The monoisotopic (exact) mass is 276 g/mol. The Bertz CT molecular complexity index is 350. The molecule has 0 saturated carbocycles. The highest BCUT2D eigenvalue weighted by atomic mass is 35.5. The summed E-state index contributed by atoms with van der Waals surface area (Å²) in [6.45, 7) is 4.93. The van der Waals surface area contributed by atoms with Gasteiger partial charge in [0.05, 0.1) is 6.61 Å². The Morgan fingerprint density at radius 3 is 2.67 bits per heavy atom. The predicted molar refractivity (Wildman–Crippen MR) is 75.1 cm³/mol. The van der Waals surface area contributed by atoms with Crippen LogP contribution in [0, 0.1) is 5.82 Å². The molecule has 0 heterocycles. The summed E-state index contributed by atoms with van der Waals surface area (Å²) in [6.07, 6.45) is 0. The minimum absolute atomic E-state index is 0. The van der Waals surface area contributed by atoms with Crippen LogP contribution < -0.4 is 10.1 Å². The van der Waals surface area contributed by atoms with E-state index in [9.17, 15) is 4.39 Å². The van der Waals surface area contributed by atoms with E-state index < -0.39 is 0 Å². The third-order valence-electron chi connectivity index (χ3n) is 2.49. The van der Waals surface area contributed by atoms with E-state index in [1.165, 1.54) is 0 Å². The van der Waals surface area contributed by atoms with Crippen molar-refractivity contribution in [2.45, 2.75) is 13.5 Å². The summed E-state index contributed by atoms with van der Waals surface area (Å²) in [7, 11) is 3.94. The van der Waals surface area contributed by atoms with Gasteiger partial charge in [-0.15, -0.1) is 12.4 Å². The number of nitrogens with zero attached hydrogens (tertiary/aromatic N) is 1. The van der Waals surface area contributed by atoms with Crippen LogP contribution in [0.3, 0.4) is 0 Å². The molecule has 0 aliphatic carbocycles. The van der Waals surface area contributed by atoms with Crippen LogP contribution >= 0.6 is 12.4 Å². The highest BCUT2D eigenvalue weighted by molar-refractivity contribution is 5.85. The molecular weight excluding hydrogens is 255 g/mol. The first-order chi connectivity index (χ1) is 8.17.